The molecular formula is C16H20ClN3. The summed E-state index contributed by atoms with van der Waals surface area (Å²) in [6, 6.07) is 12.0. The normalized spacial score (nSPS) is 10.6. The lowest BCUT2D eigenvalue weighted by molar-refractivity contribution is 0.722. The van der Waals surface area contributed by atoms with Crippen LogP contribution in [0.25, 0.3) is 0 Å². The maximum atomic E-state index is 6.10. The molecule has 1 N–H and O–H groups in total. The van der Waals surface area contributed by atoms with E-state index >= 15 is 0 Å². The molecule has 0 amide bonds. The second-order valence-corrected chi connectivity index (χ2v) is 5.17. The molecule has 0 bridgehead atoms. The van der Waals surface area contributed by atoms with Crippen molar-refractivity contribution in [3.63, 3.8) is 0 Å². The minimum atomic E-state index is 0.771. The first-order valence-electron chi connectivity index (χ1n) is 6.81. The Balaban J connectivity index is 2.18. The zero-order chi connectivity index (χ0) is 14.4. The highest BCUT2D eigenvalue weighted by molar-refractivity contribution is 6.30. The predicted octanol–water partition coefficient (Wildman–Crippen LogP) is 3.48. The highest BCUT2D eigenvalue weighted by Gasteiger charge is 2.09. The molecule has 106 valence electrons. The molecule has 2 aromatic rings. The van der Waals surface area contributed by atoms with E-state index in [1.807, 2.05) is 36.5 Å². The molecule has 0 fully saturated rings. The molecule has 0 atom stereocenters. The Bertz CT molecular complexity index is 543. The number of aromatic nitrogens is 1. The molecule has 0 aliphatic carbocycles. The fraction of sp³-hybridized carbons (Fsp3) is 0.312. The summed E-state index contributed by atoms with van der Waals surface area (Å²) in [4.78, 5) is 6.57. The Morgan fingerprint density at radius 1 is 1.25 bits per heavy atom. The van der Waals surface area contributed by atoms with Crippen molar-refractivity contribution in [1.29, 1.82) is 0 Å². The van der Waals surface area contributed by atoms with E-state index in [1.165, 1.54) is 11.3 Å². The summed E-state index contributed by atoms with van der Waals surface area (Å²) in [5.41, 5.74) is 3.44. The fourth-order valence-corrected chi connectivity index (χ4v) is 2.34. The molecular weight excluding hydrogens is 270 g/mol. The fourth-order valence-electron chi connectivity index (χ4n) is 2.15. The van der Waals surface area contributed by atoms with Crippen molar-refractivity contribution < 1.29 is 0 Å². The maximum Gasteiger partial charge on any atom is 0.0598 e. The quantitative estimate of drug-likeness (QED) is 0.882. The lowest BCUT2D eigenvalue weighted by Gasteiger charge is -2.22. The summed E-state index contributed by atoms with van der Waals surface area (Å²) >= 11 is 6.10. The first-order chi connectivity index (χ1) is 9.70. The zero-order valence-electron chi connectivity index (χ0n) is 11.9. The third kappa shape index (κ3) is 3.95. The van der Waals surface area contributed by atoms with Crippen LogP contribution < -0.4 is 10.2 Å². The summed E-state index contributed by atoms with van der Waals surface area (Å²) in [6.45, 7) is 4.64. The van der Waals surface area contributed by atoms with Gasteiger partial charge in [-0.05, 0) is 42.4 Å². The maximum absolute atomic E-state index is 6.10. The van der Waals surface area contributed by atoms with E-state index in [0.29, 0.717) is 0 Å². The second kappa shape index (κ2) is 7.27. The van der Waals surface area contributed by atoms with Crippen LogP contribution in [-0.2, 0) is 13.1 Å². The number of anilines is 1. The van der Waals surface area contributed by atoms with Crippen LogP contribution in [0, 0.1) is 0 Å². The Morgan fingerprint density at radius 3 is 2.80 bits per heavy atom. The standard InChI is InChI=1S/C16H20ClN3/c1-3-18-11-13-10-14(17)7-8-16(13)20(2)12-15-6-4-5-9-19-15/h4-10,18H,3,11-12H2,1-2H3. The van der Waals surface area contributed by atoms with Gasteiger partial charge in [-0.15, -0.1) is 0 Å². The molecule has 0 saturated carbocycles. The van der Waals surface area contributed by atoms with Gasteiger partial charge in [0, 0.05) is 30.5 Å². The SMILES string of the molecule is CCNCc1cc(Cl)ccc1N(C)Cc1ccccn1. The smallest absolute Gasteiger partial charge is 0.0598 e. The van der Waals surface area contributed by atoms with E-state index in [1.54, 1.807) is 0 Å². The van der Waals surface area contributed by atoms with Gasteiger partial charge in [-0.1, -0.05) is 24.6 Å². The number of halogens is 1. The number of nitrogens with zero attached hydrogens (tertiary/aromatic N) is 2. The first kappa shape index (κ1) is 14.8. The minimum absolute atomic E-state index is 0.771. The van der Waals surface area contributed by atoms with Crippen LogP contribution in [0.4, 0.5) is 5.69 Å². The Labute approximate surface area is 125 Å². The van der Waals surface area contributed by atoms with Crippen molar-refractivity contribution in [2.24, 2.45) is 0 Å². The molecule has 0 radical (unpaired) electrons. The van der Waals surface area contributed by atoms with E-state index in [9.17, 15) is 0 Å². The lowest BCUT2D eigenvalue weighted by atomic mass is 10.1. The molecule has 0 unspecified atom stereocenters. The van der Waals surface area contributed by atoms with Crippen LogP contribution in [0.2, 0.25) is 5.02 Å². The van der Waals surface area contributed by atoms with Crippen LogP contribution in [0.15, 0.2) is 42.6 Å². The van der Waals surface area contributed by atoms with Crippen LogP contribution in [0.1, 0.15) is 18.2 Å². The van der Waals surface area contributed by atoms with Gasteiger partial charge >= 0.3 is 0 Å². The molecule has 3 nitrogen and oxygen atoms in total. The Hall–Kier alpha value is -1.58. The predicted molar refractivity (Wildman–Crippen MR) is 85.2 cm³/mol. The second-order valence-electron chi connectivity index (χ2n) is 4.73. The molecule has 1 heterocycles. The van der Waals surface area contributed by atoms with Crippen LogP contribution in [0.3, 0.4) is 0 Å². The van der Waals surface area contributed by atoms with Gasteiger partial charge in [-0.3, -0.25) is 4.98 Å². The minimum Gasteiger partial charge on any atom is -0.368 e. The van der Waals surface area contributed by atoms with Gasteiger partial charge in [0.25, 0.3) is 0 Å². The largest absolute Gasteiger partial charge is 0.368 e. The van der Waals surface area contributed by atoms with Gasteiger partial charge in [0.2, 0.25) is 0 Å². The molecule has 1 aromatic heterocycles. The third-order valence-corrected chi connectivity index (χ3v) is 3.38. The summed E-state index contributed by atoms with van der Waals surface area (Å²) in [7, 11) is 2.08. The van der Waals surface area contributed by atoms with E-state index in [0.717, 1.165) is 30.4 Å². The molecule has 1 aromatic carbocycles. The molecule has 0 aliphatic rings. The molecule has 0 spiro atoms. The summed E-state index contributed by atoms with van der Waals surface area (Å²) in [5.74, 6) is 0. The molecule has 0 saturated heterocycles. The summed E-state index contributed by atoms with van der Waals surface area (Å²) < 4.78 is 0. The van der Waals surface area contributed by atoms with Gasteiger partial charge in [0.1, 0.15) is 0 Å². The number of benzene rings is 1. The van der Waals surface area contributed by atoms with Crippen LogP contribution in [-0.4, -0.2) is 18.6 Å². The topological polar surface area (TPSA) is 28.2 Å². The number of pyridine rings is 1. The number of hydrogen-bond acceptors (Lipinski definition) is 3. The zero-order valence-corrected chi connectivity index (χ0v) is 12.7. The Kier molecular flexibility index (Phi) is 5.39. The van der Waals surface area contributed by atoms with E-state index in [4.69, 9.17) is 11.6 Å². The van der Waals surface area contributed by atoms with E-state index < -0.39 is 0 Å². The molecule has 0 aliphatic heterocycles. The molecule has 20 heavy (non-hydrogen) atoms. The van der Waals surface area contributed by atoms with Gasteiger partial charge in [0.05, 0.1) is 12.2 Å². The average Bonchev–Trinajstić information content (AvgIpc) is 2.46. The lowest BCUT2D eigenvalue weighted by Crippen LogP contribution is -2.21. The first-order valence-corrected chi connectivity index (χ1v) is 7.18. The van der Waals surface area contributed by atoms with Crippen molar-refractivity contribution in [3.05, 3.63) is 58.9 Å². The van der Waals surface area contributed by atoms with Gasteiger partial charge in [0.15, 0.2) is 0 Å². The van der Waals surface area contributed by atoms with Crippen LogP contribution in [0.5, 0.6) is 0 Å². The summed E-state index contributed by atoms with van der Waals surface area (Å²) in [5, 5.41) is 4.12. The highest BCUT2D eigenvalue weighted by Crippen LogP contribution is 2.24. The van der Waals surface area contributed by atoms with Gasteiger partial charge in [-0.2, -0.15) is 0 Å². The summed E-state index contributed by atoms with van der Waals surface area (Å²) in [6.07, 6.45) is 1.82. The van der Waals surface area contributed by atoms with Crippen molar-refractivity contribution in [2.75, 3.05) is 18.5 Å². The van der Waals surface area contributed by atoms with Gasteiger partial charge in [-0.25, -0.2) is 0 Å². The van der Waals surface area contributed by atoms with Gasteiger partial charge < -0.3 is 10.2 Å². The number of nitrogens with one attached hydrogen (secondary N) is 1. The monoisotopic (exact) mass is 289 g/mol. The van der Waals surface area contributed by atoms with E-state index in [2.05, 4.69) is 35.2 Å². The average molecular weight is 290 g/mol. The molecule has 4 heteroatoms. The van der Waals surface area contributed by atoms with Crippen molar-refractivity contribution in [3.8, 4) is 0 Å². The number of hydrogen-bond donors (Lipinski definition) is 1. The third-order valence-electron chi connectivity index (χ3n) is 3.14. The van der Waals surface area contributed by atoms with Crippen molar-refractivity contribution >= 4 is 17.3 Å². The molecule has 2 rings (SSSR count). The Morgan fingerprint density at radius 2 is 2.10 bits per heavy atom. The van der Waals surface area contributed by atoms with E-state index in [-0.39, 0.29) is 0 Å². The van der Waals surface area contributed by atoms with Crippen molar-refractivity contribution in [1.82, 2.24) is 10.3 Å². The highest BCUT2D eigenvalue weighted by atomic mass is 35.5. The van der Waals surface area contributed by atoms with Crippen molar-refractivity contribution in [2.45, 2.75) is 20.0 Å². The van der Waals surface area contributed by atoms with Crippen LogP contribution >= 0.6 is 11.6 Å². The number of rotatable bonds is 6.